The first-order valence-electron chi connectivity index (χ1n) is 5.83. The van der Waals surface area contributed by atoms with E-state index in [1.807, 2.05) is 0 Å². The van der Waals surface area contributed by atoms with E-state index >= 15 is 0 Å². The van der Waals surface area contributed by atoms with E-state index in [2.05, 4.69) is 0 Å². The van der Waals surface area contributed by atoms with Crippen LogP contribution in [-0.4, -0.2) is 10.8 Å². The fourth-order valence-corrected chi connectivity index (χ4v) is 1.67. The highest BCUT2D eigenvalue weighted by molar-refractivity contribution is 5.95. The molecule has 6 heteroatoms. The molecule has 0 saturated carbocycles. The molecule has 0 aliphatic heterocycles. The molecule has 102 valence electrons. The lowest BCUT2D eigenvalue weighted by Crippen LogP contribution is -2.12. The number of para-hydroxylation sites is 1. The molecule has 0 radical (unpaired) electrons. The lowest BCUT2D eigenvalue weighted by molar-refractivity contribution is -0.384. The van der Waals surface area contributed by atoms with Crippen LogP contribution in [0.5, 0.6) is 5.75 Å². The molecule has 2 N–H and O–H groups in total. The van der Waals surface area contributed by atoms with Crippen molar-refractivity contribution in [1.29, 1.82) is 0 Å². The predicted octanol–water partition coefficient (Wildman–Crippen LogP) is 2.27. The molecule has 0 fully saturated rings. The molecule has 20 heavy (non-hydrogen) atoms. The smallest absolute Gasteiger partial charge is 0.269 e. The van der Waals surface area contributed by atoms with Crippen molar-refractivity contribution in [1.82, 2.24) is 0 Å². The van der Waals surface area contributed by atoms with E-state index < -0.39 is 10.8 Å². The molecule has 0 aromatic heterocycles. The number of non-ortho nitro benzene ring substituents is 1. The van der Waals surface area contributed by atoms with Crippen LogP contribution in [0, 0.1) is 10.1 Å². The molecule has 1 amide bonds. The van der Waals surface area contributed by atoms with Gasteiger partial charge in [-0.05, 0) is 29.8 Å². The summed E-state index contributed by atoms with van der Waals surface area (Å²) in [7, 11) is 0. The molecule has 2 aromatic carbocycles. The highest BCUT2D eigenvalue weighted by Crippen LogP contribution is 2.19. The summed E-state index contributed by atoms with van der Waals surface area (Å²) < 4.78 is 5.51. The minimum Gasteiger partial charge on any atom is -0.488 e. The summed E-state index contributed by atoms with van der Waals surface area (Å²) in [5.41, 5.74) is 6.32. The van der Waals surface area contributed by atoms with E-state index in [9.17, 15) is 14.9 Å². The number of carbonyl (C=O) groups excluding carboxylic acids is 1. The number of nitro groups is 1. The van der Waals surface area contributed by atoms with Gasteiger partial charge in [0.25, 0.3) is 11.6 Å². The fourth-order valence-electron chi connectivity index (χ4n) is 1.67. The van der Waals surface area contributed by atoms with Crippen LogP contribution < -0.4 is 10.5 Å². The van der Waals surface area contributed by atoms with Crippen LogP contribution in [0.15, 0.2) is 48.5 Å². The molecule has 2 rings (SSSR count). The molecule has 0 bridgehead atoms. The number of amides is 1. The Hall–Kier alpha value is -2.89. The Morgan fingerprint density at radius 2 is 1.80 bits per heavy atom. The van der Waals surface area contributed by atoms with Crippen LogP contribution in [0.4, 0.5) is 5.69 Å². The zero-order chi connectivity index (χ0) is 14.5. The third-order valence-corrected chi connectivity index (χ3v) is 2.69. The van der Waals surface area contributed by atoms with Crippen LogP contribution in [-0.2, 0) is 6.61 Å². The van der Waals surface area contributed by atoms with Crippen molar-refractivity contribution < 1.29 is 14.5 Å². The molecule has 2 aromatic rings. The normalized spacial score (nSPS) is 10.0. The zero-order valence-corrected chi connectivity index (χ0v) is 10.5. The van der Waals surface area contributed by atoms with Crippen molar-refractivity contribution >= 4 is 11.6 Å². The number of rotatable bonds is 5. The largest absolute Gasteiger partial charge is 0.488 e. The Kier molecular flexibility index (Phi) is 3.95. The van der Waals surface area contributed by atoms with Crippen LogP contribution in [0.25, 0.3) is 0 Å². The Balaban J connectivity index is 2.09. The zero-order valence-electron chi connectivity index (χ0n) is 10.5. The molecule has 0 saturated heterocycles. The van der Waals surface area contributed by atoms with Gasteiger partial charge < -0.3 is 10.5 Å². The van der Waals surface area contributed by atoms with Gasteiger partial charge in [-0.1, -0.05) is 12.1 Å². The number of hydrogen-bond acceptors (Lipinski definition) is 4. The molecule has 0 unspecified atom stereocenters. The SMILES string of the molecule is NC(=O)c1ccccc1OCc1ccc([N+](=O)[O-])cc1. The predicted molar refractivity (Wildman–Crippen MR) is 72.4 cm³/mol. The van der Waals surface area contributed by atoms with Crippen molar-refractivity contribution in [2.75, 3.05) is 0 Å². The van der Waals surface area contributed by atoms with E-state index in [-0.39, 0.29) is 12.3 Å². The number of nitrogens with zero attached hydrogens (tertiary/aromatic N) is 1. The van der Waals surface area contributed by atoms with E-state index in [0.717, 1.165) is 5.56 Å². The highest BCUT2D eigenvalue weighted by atomic mass is 16.6. The molecule has 0 spiro atoms. The molecule has 0 heterocycles. The number of nitrogens with two attached hydrogens (primary N) is 1. The van der Waals surface area contributed by atoms with Gasteiger partial charge in [-0.25, -0.2) is 0 Å². The molecule has 0 aliphatic carbocycles. The maximum Gasteiger partial charge on any atom is 0.269 e. The van der Waals surface area contributed by atoms with Gasteiger partial charge in [0.05, 0.1) is 10.5 Å². The molecular weight excluding hydrogens is 260 g/mol. The summed E-state index contributed by atoms with van der Waals surface area (Å²) in [6.45, 7) is 0.197. The lowest BCUT2D eigenvalue weighted by Gasteiger charge is -2.09. The second kappa shape index (κ2) is 5.83. The third-order valence-electron chi connectivity index (χ3n) is 2.69. The quantitative estimate of drug-likeness (QED) is 0.667. The van der Waals surface area contributed by atoms with Gasteiger partial charge in [-0.3, -0.25) is 14.9 Å². The van der Waals surface area contributed by atoms with Crippen molar-refractivity contribution in [3.63, 3.8) is 0 Å². The number of carbonyl (C=O) groups is 1. The Morgan fingerprint density at radius 1 is 1.15 bits per heavy atom. The van der Waals surface area contributed by atoms with Gasteiger partial charge in [0.1, 0.15) is 12.4 Å². The van der Waals surface area contributed by atoms with Crippen LogP contribution in [0.2, 0.25) is 0 Å². The van der Waals surface area contributed by atoms with Gasteiger partial charge in [0.15, 0.2) is 0 Å². The molecule has 0 aliphatic rings. The van der Waals surface area contributed by atoms with Gasteiger partial charge in [0.2, 0.25) is 0 Å². The van der Waals surface area contributed by atoms with Crippen LogP contribution >= 0.6 is 0 Å². The molecule has 0 atom stereocenters. The van der Waals surface area contributed by atoms with Crippen molar-refractivity contribution in [3.05, 3.63) is 69.8 Å². The monoisotopic (exact) mass is 272 g/mol. The highest BCUT2D eigenvalue weighted by Gasteiger charge is 2.09. The molecular formula is C14H12N2O4. The Morgan fingerprint density at radius 3 is 2.40 bits per heavy atom. The first-order valence-corrected chi connectivity index (χ1v) is 5.83. The maximum atomic E-state index is 11.2. The average Bonchev–Trinajstić information content (AvgIpc) is 2.45. The van der Waals surface area contributed by atoms with Crippen molar-refractivity contribution in [2.24, 2.45) is 5.73 Å². The average molecular weight is 272 g/mol. The number of primary amides is 1. The number of hydrogen-bond donors (Lipinski definition) is 1. The second-order valence-electron chi connectivity index (χ2n) is 4.07. The Bertz CT molecular complexity index is 638. The van der Waals surface area contributed by atoms with E-state index in [4.69, 9.17) is 10.5 Å². The van der Waals surface area contributed by atoms with Crippen molar-refractivity contribution in [3.8, 4) is 5.75 Å². The van der Waals surface area contributed by atoms with E-state index in [0.29, 0.717) is 11.3 Å². The summed E-state index contributed by atoms with van der Waals surface area (Å²) in [4.78, 5) is 21.3. The minimum absolute atomic E-state index is 0.0197. The first kappa shape index (κ1) is 13.5. The van der Waals surface area contributed by atoms with Gasteiger partial charge in [-0.15, -0.1) is 0 Å². The summed E-state index contributed by atoms with van der Waals surface area (Å²) in [5.74, 6) is -0.178. The minimum atomic E-state index is -0.565. The Labute approximate surface area is 114 Å². The standard InChI is InChI=1S/C14H12N2O4/c15-14(17)12-3-1-2-4-13(12)20-9-10-5-7-11(8-6-10)16(18)19/h1-8H,9H2,(H2,15,17). The maximum absolute atomic E-state index is 11.2. The van der Waals surface area contributed by atoms with E-state index in [1.165, 1.54) is 12.1 Å². The first-order chi connectivity index (χ1) is 9.58. The number of ether oxygens (including phenoxy) is 1. The van der Waals surface area contributed by atoms with Gasteiger partial charge in [0, 0.05) is 12.1 Å². The van der Waals surface area contributed by atoms with Crippen LogP contribution in [0.1, 0.15) is 15.9 Å². The molecule has 6 nitrogen and oxygen atoms in total. The number of benzene rings is 2. The van der Waals surface area contributed by atoms with Gasteiger partial charge >= 0.3 is 0 Å². The third kappa shape index (κ3) is 3.11. The number of nitro benzene ring substituents is 1. The van der Waals surface area contributed by atoms with Gasteiger partial charge in [-0.2, -0.15) is 0 Å². The fraction of sp³-hybridized carbons (Fsp3) is 0.0714. The van der Waals surface area contributed by atoms with Crippen LogP contribution in [0.3, 0.4) is 0 Å². The summed E-state index contributed by atoms with van der Waals surface area (Å²) >= 11 is 0. The summed E-state index contributed by atoms with van der Waals surface area (Å²) in [6, 6.07) is 12.7. The topological polar surface area (TPSA) is 95.5 Å². The van der Waals surface area contributed by atoms with Crippen molar-refractivity contribution in [2.45, 2.75) is 6.61 Å². The lowest BCUT2D eigenvalue weighted by atomic mass is 10.2. The van der Waals surface area contributed by atoms with E-state index in [1.54, 1.807) is 36.4 Å². The second-order valence-corrected chi connectivity index (χ2v) is 4.07. The summed E-state index contributed by atoms with van der Waals surface area (Å²) in [5, 5.41) is 10.5. The summed E-state index contributed by atoms with van der Waals surface area (Å²) in [6.07, 6.45) is 0.